The summed E-state index contributed by atoms with van der Waals surface area (Å²) in [6, 6.07) is 3.11. The molecule has 1 unspecified atom stereocenters. The number of carbonyl (C=O) groups is 2. The molecule has 21 heavy (non-hydrogen) atoms. The van der Waals surface area contributed by atoms with E-state index >= 15 is 0 Å². The van der Waals surface area contributed by atoms with Crippen LogP contribution in [0.25, 0.3) is 0 Å². The fraction of sp³-hybridized carbons (Fsp3) is 0.533. The molecular weight excluding hydrogens is 272 g/mol. The lowest BCUT2D eigenvalue weighted by atomic mass is 10.1. The first-order valence-corrected chi connectivity index (χ1v) is 7.13. The van der Waals surface area contributed by atoms with Crippen LogP contribution in [-0.4, -0.2) is 45.6 Å². The van der Waals surface area contributed by atoms with Crippen molar-refractivity contribution in [1.29, 1.82) is 0 Å². The smallest absolute Gasteiger partial charge is 0.305 e. The number of carbonyl (C=O) groups excluding carboxylic acids is 1. The molecule has 1 N–H and O–H groups in total. The largest absolute Gasteiger partial charge is 0.481 e. The van der Waals surface area contributed by atoms with Gasteiger partial charge in [0.1, 0.15) is 0 Å². The van der Waals surface area contributed by atoms with E-state index in [1.54, 1.807) is 17.0 Å². The summed E-state index contributed by atoms with van der Waals surface area (Å²) in [5.74, 6) is -0.564. The van der Waals surface area contributed by atoms with Crippen LogP contribution in [0.5, 0.6) is 5.88 Å². The first-order valence-electron chi connectivity index (χ1n) is 7.13. The molecule has 1 atom stereocenters. The summed E-state index contributed by atoms with van der Waals surface area (Å²) in [4.78, 5) is 29.0. The highest BCUT2D eigenvalue weighted by Crippen LogP contribution is 2.23. The molecule has 0 aliphatic carbocycles. The van der Waals surface area contributed by atoms with E-state index in [4.69, 9.17) is 9.84 Å². The lowest BCUT2D eigenvalue weighted by molar-refractivity contribution is -0.137. The van der Waals surface area contributed by atoms with Crippen LogP contribution in [0.3, 0.4) is 0 Å². The maximum absolute atomic E-state index is 12.4. The van der Waals surface area contributed by atoms with Crippen molar-refractivity contribution in [3.05, 3.63) is 23.9 Å². The Morgan fingerprint density at radius 2 is 2.24 bits per heavy atom. The molecule has 1 aromatic heterocycles. The molecule has 1 amide bonds. The average Bonchev–Trinajstić information content (AvgIpc) is 2.85. The molecule has 0 saturated carbocycles. The van der Waals surface area contributed by atoms with Crippen LogP contribution in [0.1, 0.15) is 43.5 Å². The van der Waals surface area contributed by atoms with E-state index in [-0.39, 0.29) is 24.5 Å². The molecule has 114 valence electrons. The molecule has 1 aliphatic heterocycles. The van der Waals surface area contributed by atoms with Gasteiger partial charge in [-0.2, -0.15) is 0 Å². The number of pyridine rings is 1. The zero-order valence-electron chi connectivity index (χ0n) is 12.3. The third-order valence-corrected chi connectivity index (χ3v) is 3.39. The van der Waals surface area contributed by atoms with Crippen molar-refractivity contribution in [1.82, 2.24) is 9.88 Å². The van der Waals surface area contributed by atoms with Gasteiger partial charge < -0.3 is 14.7 Å². The Morgan fingerprint density at radius 1 is 1.48 bits per heavy atom. The van der Waals surface area contributed by atoms with Gasteiger partial charge in [-0.15, -0.1) is 0 Å². The van der Waals surface area contributed by atoms with E-state index in [1.165, 1.54) is 6.20 Å². The number of likely N-dealkylation sites (tertiary alicyclic amines) is 1. The lowest BCUT2D eigenvalue weighted by Crippen LogP contribution is -2.36. The summed E-state index contributed by atoms with van der Waals surface area (Å²) in [7, 11) is 0. The second kappa shape index (κ2) is 6.56. The predicted molar refractivity (Wildman–Crippen MR) is 76.3 cm³/mol. The van der Waals surface area contributed by atoms with E-state index in [0.717, 1.165) is 12.8 Å². The quantitative estimate of drug-likeness (QED) is 0.897. The topological polar surface area (TPSA) is 79.7 Å². The molecule has 1 aliphatic rings. The van der Waals surface area contributed by atoms with Gasteiger partial charge in [-0.1, -0.05) is 0 Å². The van der Waals surface area contributed by atoms with Crippen LogP contribution in [0.4, 0.5) is 0 Å². The summed E-state index contributed by atoms with van der Waals surface area (Å²) >= 11 is 0. The third-order valence-electron chi connectivity index (χ3n) is 3.39. The molecule has 0 bridgehead atoms. The highest BCUT2D eigenvalue weighted by molar-refractivity contribution is 5.94. The number of carboxylic acid groups (broad SMARTS) is 1. The molecule has 1 aromatic rings. The minimum absolute atomic E-state index is 0.00624. The maximum Gasteiger partial charge on any atom is 0.305 e. The summed E-state index contributed by atoms with van der Waals surface area (Å²) in [6.45, 7) is 4.41. The molecule has 0 aromatic carbocycles. The van der Waals surface area contributed by atoms with Gasteiger partial charge in [0.05, 0.1) is 18.1 Å². The number of hydrogen-bond acceptors (Lipinski definition) is 4. The Bertz CT molecular complexity index is 513. The van der Waals surface area contributed by atoms with Crippen LogP contribution in [0.2, 0.25) is 0 Å². The summed E-state index contributed by atoms with van der Waals surface area (Å²) in [5, 5.41) is 8.90. The second-order valence-corrected chi connectivity index (χ2v) is 5.44. The van der Waals surface area contributed by atoms with E-state index in [2.05, 4.69) is 4.98 Å². The van der Waals surface area contributed by atoms with Gasteiger partial charge in [0, 0.05) is 24.8 Å². The van der Waals surface area contributed by atoms with Crippen molar-refractivity contribution in [3.8, 4) is 5.88 Å². The lowest BCUT2D eigenvalue weighted by Gasteiger charge is -2.23. The highest BCUT2D eigenvalue weighted by atomic mass is 16.5. The number of aliphatic carboxylic acids is 1. The number of carboxylic acids is 1. The van der Waals surface area contributed by atoms with E-state index < -0.39 is 5.97 Å². The Balaban J connectivity index is 2.06. The van der Waals surface area contributed by atoms with E-state index in [0.29, 0.717) is 18.0 Å². The van der Waals surface area contributed by atoms with Gasteiger partial charge in [0.15, 0.2) is 0 Å². The third kappa shape index (κ3) is 3.93. The Labute approximate surface area is 123 Å². The number of hydrogen-bond donors (Lipinski definition) is 1. The molecule has 6 nitrogen and oxygen atoms in total. The van der Waals surface area contributed by atoms with Gasteiger partial charge in [0.25, 0.3) is 5.91 Å². The fourth-order valence-electron chi connectivity index (χ4n) is 2.50. The predicted octanol–water partition coefficient (Wildman–Crippen LogP) is 1.95. The van der Waals surface area contributed by atoms with Crippen LogP contribution in [0, 0.1) is 0 Å². The first-order chi connectivity index (χ1) is 9.97. The van der Waals surface area contributed by atoms with Crippen LogP contribution in [0.15, 0.2) is 18.3 Å². The maximum atomic E-state index is 12.4. The molecule has 0 spiro atoms. The molecule has 1 fully saturated rings. The van der Waals surface area contributed by atoms with Crippen molar-refractivity contribution in [2.45, 2.75) is 45.3 Å². The molecule has 6 heteroatoms. The molecule has 0 radical (unpaired) electrons. The monoisotopic (exact) mass is 292 g/mol. The highest BCUT2D eigenvalue weighted by Gasteiger charge is 2.31. The van der Waals surface area contributed by atoms with E-state index in [9.17, 15) is 9.59 Å². The minimum Gasteiger partial charge on any atom is -0.481 e. The Hall–Kier alpha value is -2.11. The van der Waals surface area contributed by atoms with Gasteiger partial charge in [0.2, 0.25) is 5.88 Å². The second-order valence-electron chi connectivity index (χ2n) is 5.44. The summed E-state index contributed by atoms with van der Waals surface area (Å²) in [5.41, 5.74) is 0.461. The zero-order chi connectivity index (χ0) is 15.4. The Kier molecular flexibility index (Phi) is 4.77. The van der Waals surface area contributed by atoms with Gasteiger partial charge in [-0.3, -0.25) is 9.59 Å². The number of aromatic nitrogens is 1. The van der Waals surface area contributed by atoms with Crippen LogP contribution >= 0.6 is 0 Å². The van der Waals surface area contributed by atoms with Gasteiger partial charge in [-0.25, -0.2) is 4.98 Å². The SMILES string of the molecule is CC(C)Oc1ccc(C(=O)N2CCCC2CC(=O)O)cn1. The normalized spacial score (nSPS) is 18.0. The Morgan fingerprint density at radius 3 is 2.81 bits per heavy atom. The molecule has 2 rings (SSSR count). The molecular formula is C15H20N2O4. The summed E-state index contributed by atoms with van der Waals surface area (Å²) in [6.07, 6.45) is 3.08. The van der Waals surface area contributed by atoms with Crippen molar-refractivity contribution in [3.63, 3.8) is 0 Å². The number of nitrogens with zero attached hydrogens (tertiary/aromatic N) is 2. The zero-order valence-corrected chi connectivity index (χ0v) is 12.3. The number of ether oxygens (including phenoxy) is 1. The van der Waals surface area contributed by atoms with Crippen LogP contribution in [-0.2, 0) is 4.79 Å². The van der Waals surface area contributed by atoms with Gasteiger partial charge >= 0.3 is 5.97 Å². The summed E-state index contributed by atoms with van der Waals surface area (Å²) < 4.78 is 5.43. The standard InChI is InChI=1S/C15H20N2O4/c1-10(2)21-13-6-5-11(9-16-13)15(20)17-7-3-4-12(17)8-14(18)19/h5-6,9-10,12H,3-4,7-8H2,1-2H3,(H,18,19). The fourth-order valence-corrected chi connectivity index (χ4v) is 2.50. The van der Waals surface area contributed by atoms with Crippen molar-refractivity contribution in [2.75, 3.05) is 6.54 Å². The van der Waals surface area contributed by atoms with Crippen LogP contribution < -0.4 is 4.74 Å². The van der Waals surface area contributed by atoms with E-state index in [1.807, 2.05) is 13.8 Å². The van der Waals surface area contributed by atoms with Crippen molar-refractivity contribution >= 4 is 11.9 Å². The number of amides is 1. The first kappa shape index (κ1) is 15.3. The van der Waals surface area contributed by atoms with Gasteiger partial charge in [-0.05, 0) is 32.8 Å². The molecule has 2 heterocycles. The van der Waals surface area contributed by atoms with Crippen molar-refractivity contribution in [2.24, 2.45) is 0 Å². The minimum atomic E-state index is -0.876. The number of rotatable bonds is 5. The molecule has 1 saturated heterocycles. The van der Waals surface area contributed by atoms with Crippen molar-refractivity contribution < 1.29 is 19.4 Å². The average molecular weight is 292 g/mol.